The number of amides is 1. The van der Waals surface area contributed by atoms with Gasteiger partial charge in [0.1, 0.15) is 0 Å². The molecular weight excluding hydrogens is 308 g/mol. The topological polar surface area (TPSA) is 75.6 Å². The van der Waals surface area contributed by atoms with Crippen molar-refractivity contribution in [3.8, 4) is 0 Å². The van der Waals surface area contributed by atoms with E-state index in [1.165, 1.54) is 7.11 Å². The summed E-state index contributed by atoms with van der Waals surface area (Å²) in [6.45, 7) is 2.63. The number of ether oxygens (including phenoxy) is 1. The number of anilines is 1. The third-order valence-electron chi connectivity index (χ3n) is 4.25. The van der Waals surface area contributed by atoms with Gasteiger partial charge in [-0.1, -0.05) is 24.3 Å². The molecule has 24 heavy (non-hydrogen) atoms. The van der Waals surface area contributed by atoms with Crippen molar-refractivity contribution in [1.82, 2.24) is 15.1 Å². The lowest BCUT2D eigenvalue weighted by atomic mass is 10.1. The molecule has 3 rings (SSSR count). The van der Waals surface area contributed by atoms with Gasteiger partial charge in [-0.2, -0.15) is 5.10 Å². The first-order valence-corrected chi connectivity index (χ1v) is 7.99. The Morgan fingerprint density at radius 1 is 1.12 bits per heavy atom. The van der Waals surface area contributed by atoms with Crippen molar-refractivity contribution in [1.29, 1.82) is 0 Å². The second-order valence-electron chi connectivity index (χ2n) is 5.70. The van der Waals surface area contributed by atoms with E-state index < -0.39 is 0 Å². The van der Waals surface area contributed by atoms with Gasteiger partial charge >= 0.3 is 5.97 Å². The zero-order valence-corrected chi connectivity index (χ0v) is 13.6. The number of esters is 1. The summed E-state index contributed by atoms with van der Waals surface area (Å²) in [5.41, 5.74) is 0. The fourth-order valence-electron chi connectivity index (χ4n) is 2.88. The highest BCUT2D eigenvalue weighted by Crippen LogP contribution is 2.24. The van der Waals surface area contributed by atoms with Crippen molar-refractivity contribution in [2.75, 3.05) is 38.2 Å². The number of benzene rings is 1. The number of hydrogen-bond acceptors (Lipinski definition) is 6. The maximum Gasteiger partial charge on any atom is 0.306 e. The number of carbonyl (C=O) groups excluding carboxylic acids is 2. The molecule has 1 aromatic carbocycles. The molecule has 1 fully saturated rings. The van der Waals surface area contributed by atoms with Crippen LogP contribution in [0, 0.1) is 0 Å². The van der Waals surface area contributed by atoms with Crippen molar-refractivity contribution in [2.45, 2.75) is 12.8 Å². The second-order valence-corrected chi connectivity index (χ2v) is 5.70. The van der Waals surface area contributed by atoms with Crippen LogP contribution >= 0.6 is 0 Å². The number of piperazine rings is 1. The van der Waals surface area contributed by atoms with Crippen LogP contribution in [0.15, 0.2) is 30.5 Å². The van der Waals surface area contributed by atoms with E-state index in [2.05, 4.69) is 19.8 Å². The molecule has 0 aliphatic carbocycles. The fraction of sp³-hybridized carbons (Fsp3) is 0.412. The molecule has 1 aliphatic heterocycles. The van der Waals surface area contributed by atoms with Gasteiger partial charge in [-0.25, -0.2) is 0 Å². The van der Waals surface area contributed by atoms with Gasteiger partial charge in [-0.3, -0.25) is 9.59 Å². The highest BCUT2D eigenvalue weighted by molar-refractivity contribution is 5.91. The number of rotatable bonds is 4. The van der Waals surface area contributed by atoms with Gasteiger partial charge in [0.25, 0.3) is 0 Å². The van der Waals surface area contributed by atoms with E-state index in [4.69, 9.17) is 0 Å². The first kappa shape index (κ1) is 16.2. The monoisotopic (exact) mass is 328 g/mol. The second kappa shape index (κ2) is 7.25. The smallest absolute Gasteiger partial charge is 0.306 e. The Morgan fingerprint density at radius 3 is 2.62 bits per heavy atom. The molecule has 0 atom stereocenters. The van der Waals surface area contributed by atoms with Crippen molar-refractivity contribution in [3.63, 3.8) is 0 Å². The highest BCUT2D eigenvalue weighted by atomic mass is 16.5. The maximum atomic E-state index is 12.1. The molecule has 1 amide bonds. The normalized spacial score (nSPS) is 14.7. The summed E-state index contributed by atoms with van der Waals surface area (Å²) < 4.78 is 4.57. The lowest BCUT2D eigenvalue weighted by molar-refractivity contribution is -0.143. The van der Waals surface area contributed by atoms with Crippen LogP contribution in [-0.4, -0.2) is 60.3 Å². The van der Waals surface area contributed by atoms with E-state index in [-0.39, 0.29) is 24.7 Å². The minimum absolute atomic E-state index is 0.0101. The Bertz CT molecular complexity index is 736. The largest absolute Gasteiger partial charge is 0.469 e. The quantitative estimate of drug-likeness (QED) is 0.786. The Balaban J connectivity index is 1.62. The molecule has 7 nitrogen and oxygen atoms in total. The molecule has 126 valence electrons. The number of methoxy groups -OCH3 is 1. The first-order chi connectivity index (χ1) is 11.7. The van der Waals surface area contributed by atoms with Crippen molar-refractivity contribution >= 4 is 28.5 Å². The van der Waals surface area contributed by atoms with Crippen LogP contribution in [0.4, 0.5) is 5.82 Å². The van der Waals surface area contributed by atoms with Gasteiger partial charge in [0, 0.05) is 43.4 Å². The predicted octanol–water partition coefficient (Wildman–Crippen LogP) is 1.23. The molecule has 0 bridgehead atoms. The van der Waals surface area contributed by atoms with Crippen LogP contribution in [0.5, 0.6) is 0 Å². The SMILES string of the molecule is COC(=O)CCC(=O)N1CCN(c2nncc3ccccc23)CC1. The molecular formula is C17H20N4O3. The van der Waals surface area contributed by atoms with Gasteiger partial charge in [-0.05, 0) is 0 Å². The summed E-state index contributed by atoms with van der Waals surface area (Å²) in [4.78, 5) is 27.2. The highest BCUT2D eigenvalue weighted by Gasteiger charge is 2.23. The lowest BCUT2D eigenvalue weighted by Crippen LogP contribution is -2.49. The number of carbonyl (C=O) groups is 2. The summed E-state index contributed by atoms with van der Waals surface area (Å²) in [6, 6.07) is 8.01. The van der Waals surface area contributed by atoms with Crippen LogP contribution in [-0.2, 0) is 14.3 Å². The Hall–Kier alpha value is -2.70. The number of hydrogen-bond donors (Lipinski definition) is 0. The van der Waals surface area contributed by atoms with E-state index >= 15 is 0 Å². The van der Waals surface area contributed by atoms with Gasteiger partial charge in [0.05, 0.1) is 19.7 Å². The number of fused-ring (bicyclic) bond motifs is 1. The number of aromatic nitrogens is 2. The molecule has 0 radical (unpaired) electrons. The molecule has 1 aromatic heterocycles. The fourth-order valence-corrected chi connectivity index (χ4v) is 2.88. The van der Waals surface area contributed by atoms with Crippen LogP contribution < -0.4 is 4.90 Å². The summed E-state index contributed by atoms with van der Waals surface area (Å²) in [7, 11) is 1.33. The van der Waals surface area contributed by atoms with Crippen LogP contribution in [0.2, 0.25) is 0 Å². The molecule has 0 saturated carbocycles. The third kappa shape index (κ3) is 3.45. The molecule has 0 unspecified atom stereocenters. The number of nitrogens with zero attached hydrogens (tertiary/aromatic N) is 4. The standard InChI is InChI=1S/C17H20N4O3/c1-24-16(23)7-6-15(22)20-8-10-21(11-9-20)17-14-5-3-2-4-13(14)12-18-19-17/h2-5,12H,6-11H2,1H3. The lowest BCUT2D eigenvalue weighted by Gasteiger charge is -2.35. The van der Waals surface area contributed by atoms with E-state index in [1.54, 1.807) is 11.1 Å². The van der Waals surface area contributed by atoms with Gasteiger partial charge in [0.2, 0.25) is 5.91 Å². The third-order valence-corrected chi connectivity index (χ3v) is 4.25. The molecule has 2 heterocycles. The van der Waals surface area contributed by atoms with E-state index in [1.807, 2.05) is 24.3 Å². The van der Waals surface area contributed by atoms with Crippen LogP contribution in [0.25, 0.3) is 10.8 Å². The van der Waals surface area contributed by atoms with Gasteiger partial charge in [0.15, 0.2) is 5.82 Å². The average Bonchev–Trinajstić information content (AvgIpc) is 2.65. The van der Waals surface area contributed by atoms with E-state index in [0.717, 1.165) is 16.6 Å². The zero-order valence-electron chi connectivity index (χ0n) is 13.6. The van der Waals surface area contributed by atoms with Crippen molar-refractivity contribution < 1.29 is 14.3 Å². The van der Waals surface area contributed by atoms with E-state index in [0.29, 0.717) is 26.2 Å². The van der Waals surface area contributed by atoms with Crippen molar-refractivity contribution in [2.24, 2.45) is 0 Å². The predicted molar refractivity (Wildman–Crippen MR) is 89.6 cm³/mol. The molecule has 0 spiro atoms. The van der Waals surface area contributed by atoms with Crippen LogP contribution in [0.1, 0.15) is 12.8 Å². The Kier molecular flexibility index (Phi) is 4.88. The molecule has 7 heteroatoms. The van der Waals surface area contributed by atoms with E-state index in [9.17, 15) is 9.59 Å². The molecule has 1 saturated heterocycles. The maximum absolute atomic E-state index is 12.1. The van der Waals surface area contributed by atoms with Crippen LogP contribution in [0.3, 0.4) is 0 Å². The minimum Gasteiger partial charge on any atom is -0.469 e. The van der Waals surface area contributed by atoms with Gasteiger partial charge in [-0.15, -0.1) is 5.10 Å². The molecule has 0 N–H and O–H groups in total. The minimum atomic E-state index is -0.354. The van der Waals surface area contributed by atoms with Crippen molar-refractivity contribution in [3.05, 3.63) is 30.5 Å². The first-order valence-electron chi connectivity index (χ1n) is 7.99. The Morgan fingerprint density at radius 2 is 1.88 bits per heavy atom. The summed E-state index contributed by atoms with van der Waals surface area (Å²) >= 11 is 0. The average molecular weight is 328 g/mol. The summed E-state index contributed by atoms with van der Waals surface area (Å²) in [5, 5.41) is 10.5. The molecule has 1 aliphatic rings. The zero-order chi connectivity index (χ0) is 16.9. The van der Waals surface area contributed by atoms with Gasteiger partial charge < -0.3 is 14.5 Å². The Labute approximate surface area is 140 Å². The molecule has 2 aromatic rings. The summed E-state index contributed by atoms with van der Waals surface area (Å²) in [6.07, 6.45) is 2.08. The summed E-state index contributed by atoms with van der Waals surface area (Å²) in [5.74, 6) is 0.492.